The maximum absolute atomic E-state index is 12.1. The summed E-state index contributed by atoms with van der Waals surface area (Å²) in [6.07, 6.45) is 2.95. The number of hydrogen-bond acceptors (Lipinski definition) is 3. The minimum absolute atomic E-state index is 0.0313. The van der Waals surface area contributed by atoms with Crippen LogP contribution in [0.25, 0.3) is 6.08 Å². The minimum Gasteiger partial charge on any atom is -0.357 e. The Morgan fingerprint density at radius 3 is 2.52 bits per heavy atom. The van der Waals surface area contributed by atoms with E-state index in [0.717, 1.165) is 22.6 Å². The molecule has 2 N–H and O–H groups in total. The van der Waals surface area contributed by atoms with Gasteiger partial charge in [-0.25, -0.2) is 0 Å². The summed E-state index contributed by atoms with van der Waals surface area (Å²) in [6, 6.07) is 16.4. The molecule has 1 fully saturated rings. The fourth-order valence-corrected chi connectivity index (χ4v) is 3.61. The Balaban J connectivity index is 1.67. The highest BCUT2D eigenvalue weighted by molar-refractivity contribution is 14.1. The molecule has 3 rings (SSSR count). The number of hydrogen-bond donors (Lipinski definition) is 2. The molecule has 0 radical (unpaired) electrons. The van der Waals surface area contributed by atoms with Gasteiger partial charge in [0.2, 0.25) is 0 Å². The van der Waals surface area contributed by atoms with Crippen LogP contribution in [0.3, 0.4) is 0 Å². The molecule has 0 aromatic heterocycles. The summed E-state index contributed by atoms with van der Waals surface area (Å²) in [7, 11) is 0. The average Bonchev–Trinajstić information content (AvgIpc) is 2.90. The van der Waals surface area contributed by atoms with Gasteiger partial charge in [0.15, 0.2) is 5.50 Å². The largest absolute Gasteiger partial charge is 0.357 e. The third-order valence-corrected chi connectivity index (χ3v) is 5.31. The summed E-state index contributed by atoms with van der Waals surface area (Å²) in [4.78, 5) is 12.8. The second kappa shape index (κ2) is 7.40. The Morgan fingerprint density at radius 2 is 1.87 bits per heavy atom. The number of carbonyl (C=O) groups excluding carboxylic acids is 1. The first-order valence-corrected chi connectivity index (χ1v) is 9.40. The van der Waals surface area contributed by atoms with Crippen LogP contribution < -0.4 is 10.6 Å². The van der Waals surface area contributed by atoms with Crippen LogP contribution in [0, 0.1) is 3.57 Å². The molecule has 3 nitrogen and oxygen atoms in total. The molecule has 1 saturated heterocycles. The lowest BCUT2D eigenvalue weighted by Crippen LogP contribution is -2.30. The van der Waals surface area contributed by atoms with Crippen LogP contribution in [0.1, 0.15) is 18.1 Å². The molecular formula is C18H17IN2OS. The zero-order chi connectivity index (χ0) is 16.2. The molecule has 1 aliphatic heterocycles. The number of amides is 1. The molecule has 1 atom stereocenters. The van der Waals surface area contributed by atoms with Gasteiger partial charge in [-0.15, -0.1) is 0 Å². The van der Waals surface area contributed by atoms with Gasteiger partial charge in [-0.05, 0) is 70.5 Å². The number of carbonyl (C=O) groups is 1. The van der Waals surface area contributed by atoms with Gasteiger partial charge in [0.25, 0.3) is 5.91 Å². The fourth-order valence-electron chi connectivity index (χ4n) is 2.26. The van der Waals surface area contributed by atoms with E-state index in [-0.39, 0.29) is 11.4 Å². The van der Waals surface area contributed by atoms with Gasteiger partial charge in [0.1, 0.15) is 0 Å². The maximum atomic E-state index is 12.1. The average molecular weight is 436 g/mol. The molecule has 2 aromatic carbocycles. The molecule has 0 saturated carbocycles. The molecule has 0 aliphatic carbocycles. The van der Waals surface area contributed by atoms with Gasteiger partial charge in [0, 0.05) is 9.26 Å². The van der Waals surface area contributed by atoms with Gasteiger partial charge in [-0.2, -0.15) is 0 Å². The van der Waals surface area contributed by atoms with Crippen molar-refractivity contribution < 1.29 is 4.79 Å². The maximum Gasteiger partial charge on any atom is 0.260 e. The molecule has 5 heteroatoms. The predicted octanol–water partition coefficient (Wildman–Crippen LogP) is 4.45. The molecular weight excluding hydrogens is 419 g/mol. The van der Waals surface area contributed by atoms with Crippen LogP contribution in [0.5, 0.6) is 0 Å². The first-order valence-electron chi connectivity index (χ1n) is 7.44. The van der Waals surface area contributed by atoms with Crippen molar-refractivity contribution in [3.05, 3.63) is 68.1 Å². The normalized spacial score (nSPS) is 19.0. The second-order valence-electron chi connectivity index (χ2n) is 5.23. The van der Waals surface area contributed by atoms with Crippen molar-refractivity contribution in [2.75, 3.05) is 5.32 Å². The van der Waals surface area contributed by atoms with Crippen molar-refractivity contribution >= 4 is 52.0 Å². The Hall–Kier alpha value is -1.47. The molecule has 0 spiro atoms. The number of halogens is 1. The van der Waals surface area contributed by atoms with Gasteiger partial charge < -0.3 is 10.6 Å². The van der Waals surface area contributed by atoms with Crippen molar-refractivity contribution in [3.63, 3.8) is 0 Å². The van der Waals surface area contributed by atoms with E-state index in [2.05, 4.69) is 52.3 Å². The molecule has 1 amide bonds. The van der Waals surface area contributed by atoms with Crippen LogP contribution in [-0.4, -0.2) is 11.4 Å². The smallest absolute Gasteiger partial charge is 0.260 e. The van der Waals surface area contributed by atoms with Gasteiger partial charge in [0.05, 0.1) is 4.91 Å². The van der Waals surface area contributed by atoms with Crippen molar-refractivity contribution in [1.82, 2.24) is 5.32 Å². The molecule has 1 heterocycles. The standard InChI is InChI=1S/C18H17IN2OS/c1-2-12-5-9-15(10-6-12)20-18-21-17(22)16(23-18)11-13-3-7-14(19)8-4-13/h3-11,18,20H,2H2,1H3,(H,21,22)/b16-11-/t18-/m0/s1. The van der Waals surface area contributed by atoms with Crippen LogP contribution in [-0.2, 0) is 11.2 Å². The molecule has 1 aliphatic rings. The monoisotopic (exact) mass is 436 g/mol. The number of rotatable bonds is 4. The third-order valence-electron chi connectivity index (χ3n) is 3.56. The number of thioether (sulfide) groups is 1. The summed E-state index contributed by atoms with van der Waals surface area (Å²) < 4.78 is 1.18. The molecule has 0 unspecified atom stereocenters. The summed E-state index contributed by atoms with van der Waals surface area (Å²) in [5, 5.41) is 6.29. The second-order valence-corrected chi connectivity index (χ2v) is 7.62. The van der Waals surface area contributed by atoms with Gasteiger partial charge in [-0.1, -0.05) is 43.0 Å². The molecule has 23 heavy (non-hydrogen) atoms. The zero-order valence-electron chi connectivity index (χ0n) is 12.7. The first kappa shape index (κ1) is 16.4. The highest BCUT2D eigenvalue weighted by atomic mass is 127. The van der Waals surface area contributed by atoms with Crippen LogP contribution in [0.15, 0.2) is 53.4 Å². The van der Waals surface area contributed by atoms with E-state index in [1.165, 1.54) is 20.9 Å². The van der Waals surface area contributed by atoms with Gasteiger partial charge in [-0.3, -0.25) is 4.79 Å². The van der Waals surface area contributed by atoms with Gasteiger partial charge >= 0.3 is 0 Å². The Bertz CT molecular complexity index is 726. The number of benzene rings is 2. The zero-order valence-corrected chi connectivity index (χ0v) is 15.6. The van der Waals surface area contributed by atoms with E-state index < -0.39 is 0 Å². The number of nitrogens with one attached hydrogen (secondary N) is 2. The van der Waals surface area contributed by atoms with E-state index in [9.17, 15) is 4.79 Å². The van der Waals surface area contributed by atoms with E-state index in [1.807, 2.05) is 42.5 Å². The molecule has 2 aromatic rings. The fraction of sp³-hybridized carbons (Fsp3) is 0.167. The highest BCUT2D eigenvalue weighted by Gasteiger charge is 2.26. The van der Waals surface area contributed by atoms with E-state index in [1.54, 1.807) is 0 Å². The Morgan fingerprint density at radius 1 is 1.17 bits per heavy atom. The molecule has 0 bridgehead atoms. The van der Waals surface area contributed by atoms with Crippen molar-refractivity contribution in [2.24, 2.45) is 0 Å². The van der Waals surface area contributed by atoms with Crippen molar-refractivity contribution in [2.45, 2.75) is 18.8 Å². The summed E-state index contributed by atoms with van der Waals surface area (Å²) in [5.41, 5.74) is 3.22. The van der Waals surface area contributed by atoms with Crippen LogP contribution in [0.4, 0.5) is 5.69 Å². The summed E-state index contributed by atoms with van der Waals surface area (Å²) in [6.45, 7) is 2.14. The Kier molecular flexibility index (Phi) is 5.27. The van der Waals surface area contributed by atoms with E-state index in [0.29, 0.717) is 0 Å². The van der Waals surface area contributed by atoms with E-state index in [4.69, 9.17) is 0 Å². The van der Waals surface area contributed by atoms with Crippen LogP contribution >= 0.6 is 34.4 Å². The van der Waals surface area contributed by atoms with Crippen molar-refractivity contribution in [1.29, 1.82) is 0 Å². The lowest BCUT2D eigenvalue weighted by Gasteiger charge is -2.12. The number of anilines is 1. The third kappa shape index (κ3) is 4.29. The lowest BCUT2D eigenvalue weighted by atomic mass is 10.1. The van der Waals surface area contributed by atoms with Crippen LogP contribution in [0.2, 0.25) is 0 Å². The lowest BCUT2D eigenvalue weighted by molar-refractivity contribution is -0.116. The quantitative estimate of drug-likeness (QED) is 0.550. The van der Waals surface area contributed by atoms with E-state index >= 15 is 0 Å². The molecule has 118 valence electrons. The first-order chi connectivity index (χ1) is 11.1. The number of aryl methyl sites for hydroxylation is 1. The minimum atomic E-state index is -0.134. The predicted molar refractivity (Wildman–Crippen MR) is 106 cm³/mol. The summed E-state index contributed by atoms with van der Waals surface area (Å²) in [5.74, 6) is -0.0313. The SMILES string of the molecule is CCc1ccc(N[C@H]2NC(=O)/C(=C/c3ccc(I)cc3)S2)cc1. The topological polar surface area (TPSA) is 41.1 Å². The summed E-state index contributed by atoms with van der Waals surface area (Å²) >= 11 is 3.78. The highest BCUT2D eigenvalue weighted by Crippen LogP contribution is 2.30. The van der Waals surface area contributed by atoms with Crippen molar-refractivity contribution in [3.8, 4) is 0 Å². The Labute approximate surface area is 154 Å².